The summed E-state index contributed by atoms with van der Waals surface area (Å²) in [5.41, 5.74) is 1.17. The molecule has 1 N–H and O–H groups in total. The van der Waals surface area contributed by atoms with Crippen molar-refractivity contribution in [2.24, 2.45) is 0 Å². The third kappa shape index (κ3) is 5.43. The number of nitrogens with one attached hydrogen (secondary N) is 1. The summed E-state index contributed by atoms with van der Waals surface area (Å²) in [5, 5.41) is 3.04. The van der Waals surface area contributed by atoms with Gasteiger partial charge in [-0.1, -0.05) is 12.1 Å². The van der Waals surface area contributed by atoms with E-state index < -0.39 is 0 Å². The Bertz CT molecular complexity index is 505. The van der Waals surface area contributed by atoms with E-state index in [1.807, 2.05) is 23.1 Å². The second-order valence-corrected chi connectivity index (χ2v) is 6.37. The van der Waals surface area contributed by atoms with Gasteiger partial charge in [0.2, 0.25) is 0 Å². The van der Waals surface area contributed by atoms with Crippen LogP contribution in [0.2, 0.25) is 0 Å². The monoisotopic (exact) mass is 319 g/mol. The lowest BCUT2D eigenvalue weighted by Gasteiger charge is -2.23. The average Bonchev–Trinajstić information content (AvgIpc) is 2.81. The van der Waals surface area contributed by atoms with Gasteiger partial charge in [-0.2, -0.15) is 0 Å². The van der Waals surface area contributed by atoms with Gasteiger partial charge in [-0.3, -0.25) is 0 Å². The first-order chi connectivity index (χ1) is 11.1. The molecule has 0 radical (unpaired) electrons. The quantitative estimate of drug-likeness (QED) is 0.906. The maximum atomic E-state index is 12.3. The van der Waals surface area contributed by atoms with Crippen LogP contribution in [0.5, 0.6) is 5.75 Å². The van der Waals surface area contributed by atoms with E-state index in [0.717, 1.165) is 38.1 Å². The highest BCUT2D eigenvalue weighted by Crippen LogP contribution is 2.15. The van der Waals surface area contributed by atoms with Gasteiger partial charge < -0.3 is 19.9 Å². The van der Waals surface area contributed by atoms with Gasteiger partial charge in [-0.15, -0.1) is 0 Å². The van der Waals surface area contributed by atoms with E-state index in [4.69, 9.17) is 4.74 Å². The SMILES string of the molecule is COc1cccc(CCNC(=O)N2CCC[C@@H](N(C)C)CC2)c1. The summed E-state index contributed by atoms with van der Waals surface area (Å²) < 4.78 is 5.22. The van der Waals surface area contributed by atoms with Crippen molar-refractivity contribution in [1.29, 1.82) is 0 Å². The number of carbonyl (C=O) groups excluding carboxylic acids is 1. The molecule has 23 heavy (non-hydrogen) atoms. The van der Waals surface area contributed by atoms with E-state index >= 15 is 0 Å². The summed E-state index contributed by atoms with van der Waals surface area (Å²) in [5.74, 6) is 0.857. The van der Waals surface area contributed by atoms with Crippen LogP contribution in [0.15, 0.2) is 24.3 Å². The molecule has 1 heterocycles. The first-order valence-corrected chi connectivity index (χ1v) is 8.42. The zero-order valence-electron chi connectivity index (χ0n) is 14.5. The van der Waals surface area contributed by atoms with Crippen LogP contribution in [0.3, 0.4) is 0 Å². The molecule has 1 aromatic carbocycles. The maximum absolute atomic E-state index is 12.3. The number of hydrogen-bond acceptors (Lipinski definition) is 3. The lowest BCUT2D eigenvalue weighted by Crippen LogP contribution is -2.41. The number of rotatable bonds is 5. The lowest BCUT2D eigenvalue weighted by molar-refractivity contribution is 0.197. The summed E-state index contributed by atoms with van der Waals surface area (Å²) in [7, 11) is 5.91. The number of likely N-dealkylation sites (tertiary alicyclic amines) is 1. The van der Waals surface area contributed by atoms with Crippen LogP contribution < -0.4 is 10.1 Å². The summed E-state index contributed by atoms with van der Waals surface area (Å²) in [6.07, 6.45) is 4.11. The van der Waals surface area contributed by atoms with Crippen LogP contribution in [0, 0.1) is 0 Å². The van der Waals surface area contributed by atoms with E-state index in [-0.39, 0.29) is 6.03 Å². The Kier molecular flexibility index (Phi) is 6.71. The minimum Gasteiger partial charge on any atom is -0.497 e. The Balaban J connectivity index is 1.76. The van der Waals surface area contributed by atoms with E-state index in [1.165, 1.54) is 12.0 Å². The number of methoxy groups -OCH3 is 1. The second kappa shape index (κ2) is 8.77. The molecule has 0 spiro atoms. The fourth-order valence-corrected chi connectivity index (χ4v) is 3.05. The Morgan fingerprint density at radius 2 is 2.17 bits per heavy atom. The number of carbonyl (C=O) groups is 1. The number of ether oxygens (including phenoxy) is 1. The first-order valence-electron chi connectivity index (χ1n) is 8.42. The van der Waals surface area contributed by atoms with Crippen LogP contribution in [-0.4, -0.2) is 62.7 Å². The summed E-state index contributed by atoms with van der Waals surface area (Å²) in [6.45, 7) is 2.35. The topological polar surface area (TPSA) is 44.8 Å². The van der Waals surface area contributed by atoms with Gasteiger partial charge in [0, 0.05) is 25.7 Å². The van der Waals surface area contributed by atoms with Gasteiger partial charge in [0.25, 0.3) is 0 Å². The van der Waals surface area contributed by atoms with Crippen molar-refractivity contribution in [2.75, 3.05) is 40.8 Å². The number of hydrogen-bond donors (Lipinski definition) is 1. The molecule has 1 fully saturated rings. The molecule has 0 unspecified atom stereocenters. The third-order valence-electron chi connectivity index (χ3n) is 4.54. The van der Waals surface area contributed by atoms with Crippen molar-refractivity contribution in [2.45, 2.75) is 31.7 Å². The number of nitrogens with zero attached hydrogens (tertiary/aromatic N) is 2. The molecule has 5 nitrogen and oxygen atoms in total. The van der Waals surface area contributed by atoms with Crippen molar-refractivity contribution in [3.8, 4) is 5.75 Å². The van der Waals surface area contributed by atoms with Gasteiger partial charge >= 0.3 is 6.03 Å². The molecule has 0 bridgehead atoms. The molecule has 0 aliphatic carbocycles. The molecular formula is C18H29N3O2. The molecule has 0 aromatic heterocycles. The van der Waals surface area contributed by atoms with Crippen molar-refractivity contribution in [3.63, 3.8) is 0 Å². The highest BCUT2D eigenvalue weighted by atomic mass is 16.5. The van der Waals surface area contributed by atoms with Crippen LogP contribution in [0.4, 0.5) is 4.79 Å². The summed E-state index contributed by atoms with van der Waals surface area (Å²) >= 11 is 0. The summed E-state index contributed by atoms with van der Waals surface area (Å²) in [6, 6.07) is 8.63. The molecule has 0 saturated carbocycles. The number of benzene rings is 1. The van der Waals surface area contributed by atoms with Crippen LogP contribution in [-0.2, 0) is 6.42 Å². The number of amides is 2. The van der Waals surface area contributed by atoms with Crippen molar-refractivity contribution in [3.05, 3.63) is 29.8 Å². The van der Waals surface area contributed by atoms with Crippen LogP contribution in [0.25, 0.3) is 0 Å². The molecule has 2 rings (SSSR count). The van der Waals surface area contributed by atoms with Crippen molar-refractivity contribution >= 4 is 6.03 Å². The Labute approximate surface area is 139 Å². The van der Waals surface area contributed by atoms with Crippen molar-refractivity contribution < 1.29 is 9.53 Å². The van der Waals surface area contributed by atoms with Gasteiger partial charge in [0.15, 0.2) is 0 Å². The second-order valence-electron chi connectivity index (χ2n) is 6.37. The van der Waals surface area contributed by atoms with E-state index in [2.05, 4.69) is 30.4 Å². The normalized spacial score (nSPS) is 18.6. The number of urea groups is 1. The third-order valence-corrected chi connectivity index (χ3v) is 4.54. The molecule has 1 aliphatic heterocycles. The molecular weight excluding hydrogens is 290 g/mol. The Morgan fingerprint density at radius 3 is 2.91 bits per heavy atom. The molecule has 1 atom stereocenters. The largest absolute Gasteiger partial charge is 0.497 e. The zero-order valence-corrected chi connectivity index (χ0v) is 14.5. The molecule has 1 aromatic rings. The Hall–Kier alpha value is -1.75. The van der Waals surface area contributed by atoms with Crippen LogP contribution in [0.1, 0.15) is 24.8 Å². The van der Waals surface area contributed by atoms with Gasteiger partial charge in [-0.25, -0.2) is 4.79 Å². The minimum absolute atomic E-state index is 0.0623. The summed E-state index contributed by atoms with van der Waals surface area (Å²) in [4.78, 5) is 16.5. The first kappa shape index (κ1) is 17.6. The fraction of sp³-hybridized carbons (Fsp3) is 0.611. The van der Waals surface area contributed by atoms with E-state index in [9.17, 15) is 4.79 Å². The Morgan fingerprint density at radius 1 is 1.35 bits per heavy atom. The predicted molar refractivity (Wildman–Crippen MR) is 93.0 cm³/mol. The fourth-order valence-electron chi connectivity index (χ4n) is 3.05. The standard InChI is InChI=1S/C18H29N3O2/c1-20(2)16-7-5-12-21(13-10-16)18(22)19-11-9-15-6-4-8-17(14-15)23-3/h4,6,8,14,16H,5,7,9-13H2,1-3H3,(H,19,22)/t16-/m1/s1. The lowest BCUT2D eigenvalue weighted by atomic mass is 10.1. The molecule has 2 amide bonds. The highest BCUT2D eigenvalue weighted by molar-refractivity contribution is 5.74. The maximum Gasteiger partial charge on any atom is 0.317 e. The highest BCUT2D eigenvalue weighted by Gasteiger charge is 2.21. The van der Waals surface area contributed by atoms with Crippen LogP contribution >= 0.6 is 0 Å². The van der Waals surface area contributed by atoms with E-state index in [0.29, 0.717) is 12.6 Å². The van der Waals surface area contributed by atoms with E-state index in [1.54, 1.807) is 7.11 Å². The van der Waals surface area contributed by atoms with Gasteiger partial charge in [0.1, 0.15) is 5.75 Å². The molecule has 1 saturated heterocycles. The molecule has 1 aliphatic rings. The minimum atomic E-state index is 0.0623. The van der Waals surface area contributed by atoms with Gasteiger partial charge in [0.05, 0.1) is 7.11 Å². The van der Waals surface area contributed by atoms with Gasteiger partial charge in [-0.05, 0) is 57.5 Å². The molecule has 5 heteroatoms. The predicted octanol–water partition coefficient (Wildman–Crippen LogP) is 2.36. The smallest absolute Gasteiger partial charge is 0.317 e. The molecule has 128 valence electrons. The zero-order chi connectivity index (χ0) is 16.7. The average molecular weight is 319 g/mol. The van der Waals surface area contributed by atoms with Crippen molar-refractivity contribution in [1.82, 2.24) is 15.1 Å².